The van der Waals surface area contributed by atoms with Gasteiger partial charge in [0.1, 0.15) is 17.3 Å². The van der Waals surface area contributed by atoms with E-state index in [0.29, 0.717) is 17.3 Å². The summed E-state index contributed by atoms with van der Waals surface area (Å²) in [6.45, 7) is 0. The van der Waals surface area contributed by atoms with Gasteiger partial charge in [-0.05, 0) is 47.9 Å². The van der Waals surface area contributed by atoms with Gasteiger partial charge in [0.05, 0.1) is 0 Å². The number of pyridine rings is 1. The largest absolute Gasteiger partial charge is 0.305 e. The van der Waals surface area contributed by atoms with Crippen LogP contribution >= 0.6 is 11.6 Å². The third-order valence-corrected chi connectivity index (χ3v) is 3.81. The van der Waals surface area contributed by atoms with E-state index in [0.717, 1.165) is 15.8 Å². The predicted octanol–water partition coefficient (Wildman–Crippen LogP) is 2.81. The summed E-state index contributed by atoms with van der Waals surface area (Å²) in [5.74, 6) is -0.529. The van der Waals surface area contributed by atoms with Crippen LogP contribution in [0.15, 0.2) is 53.5 Å². The number of nitrogens with zero attached hydrogens (tertiary/aromatic N) is 3. The normalized spacial score (nSPS) is 10.6. The fourth-order valence-corrected chi connectivity index (χ4v) is 2.60. The lowest BCUT2D eigenvalue weighted by molar-refractivity contribution is 0.101. The standard InChI is InChI=1S/C18H14ClFN4O2/c1-24-17(25)5-3-15(23-24)18(26)22-16-4-2-11(10-21-16)6-12-7-13(19)9-14(20)8-12/h2-5,7-10H,6H2,1H3,(H,21,22,26). The molecule has 6 nitrogen and oxygen atoms in total. The number of rotatable bonds is 4. The number of carbonyl (C=O) groups is 1. The molecule has 132 valence electrons. The third kappa shape index (κ3) is 4.31. The van der Waals surface area contributed by atoms with E-state index in [1.54, 1.807) is 24.4 Å². The van der Waals surface area contributed by atoms with E-state index >= 15 is 0 Å². The first kappa shape index (κ1) is 17.8. The van der Waals surface area contributed by atoms with Gasteiger partial charge < -0.3 is 5.32 Å². The second-order valence-electron chi connectivity index (χ2n) is 5.64. The van der Waals surface area contributed by atoms with E-state index in [2.05, 4.69) is 15.4 Å². The van der Waals surface area contributed by atoms with Crippen LogP contribution in [0.5, 0.6) is 0 Å². The van der Waals surface area contributed by atoms with Crippen molar-refractivity contribution in [3.05, 3.63) is 86.7 Å². The minimum absolute atomic E-state index is 0.104. The summed E-state index contributed by atoms with van der Waals surface area (Å²) in [6.07, 6.45) is 2.05. The van der Waals surface area contributed by atoms with Crippen LogP contribution in [0.25, 0.3) is 0 Å². The van der Waals surface area contributed by atoms with Crippen LogP contribution in [0, 0.1) is 5.82 Å². The number of aryl methyl sites for hydroxylation is 1. The highest BCUT2D eigenvalue weighted by molar-refractivity contribution is 6.30. The molecule has 0 radical (unpaired) electrons. The van der Waals surface area contributed by atoms with E-state index in [4.69, 9.17) is 11.6 Å². The fraction of sp³-hybridized carbons (Fsp3) is 0.111. The maximum atomic E-state index is 13.4. The van der Waals surface area contributed by atoms with Crippen LogP contribution < -0.4 is 10.9 Å². The number of benzene rings is 1. The van der Waals surface area contributed by atoms with Gasteiger partial charge in [-0.2, -0.15) is 5.10 Å². The van der Waals surface area contributed by atoms with Crippen LogP contribution in [-0.2, 0) is 13.5 Å². The Morgan fingerprint density at radius 2 is 2.00 bits per heavy atom. The summed E-state index contributed by atoms with van der Waals surface area (Å²) in [5, 5.41) is 6.82. The van der Waals surface area contributed by atoms with Crippen LogP contribution in [0.2, 0.25) is 5.02 Å². The summed E-state index contributed by atoms with van der Waals surface area (Å²) < 4.78 is 14.5. The minimum Gasteiger partial charge on any atom is -0.305 e. The number of hydrogen-bond donors (Lipinski definition) is 1. The van der Waals surface area contributed by atoms with Gasteiger partial charge >= 0.3 is 0 Å². The molecule has 0 aliphatic rings. The highest BCUT2D eigenvalue weighted by Gasteiger charge is 2.10. The highest BCUT2D eigenvalue weighted by atomic mass is 35.5. The molecule has 1 aromatic carbocycles. The number of nitrogens with one attached hydrogen (secondary N) is 1. The Balaban J connectivity index is 1.70. The SMILES string of the molecule is Cn1nc(C(=O)Nc2ccc(Cc3cc(F)cc(Cl)c3)cn2)ccc1=O. The number of amides is 1. The molecule has 1 amide bonds. The summed E-state index contributed by atoms with van der Waals surface area (Å²) in [6, 6.07) is 10.4. The molecule has 0 fully saturated rings. The smallest absolute Gasteiger partial charge is 0.277 e. The maximum Gasteiger partial charge on any atom is 0.277 e. The quantitative estimate of drug-likeness (QED) is 0.764. The van der Waals surface area contributed by atoms with Crippen molar-refractivity contribution in [2.24, 2.45) is 7.05 Å². The van der Waals surface area contributed by atoms with Gasteiger partial charge in [0, 0.05) is 24.3 Å². The molecule has 0 atom stereocenters. The van der Waals surface area contributed by atoms with Crippen LogP contribution in [0.4, 0.5) is 10.2 Å². The first-order valence-electron chi connectivity index (χ1n) is 7.66. The van der Waals surface area contributed by atoms with Gasteiger partial charge in [-0.15, -0.1) is 0 Å². The summed E-state index contributed by atoms with van der Waals surface area (Å²) in [7, 11) is 1.46. The molecule has 0 aliphatic carbocycles. The Morgan fingerprint density at radius 3 is 2.65 bits per heavy atom. The first-order valence-corrected chi connectivity index (χ1v) is 8.04. The van der Waals surface area contributed by atoms with Gasteiger partial charge in [0.2, 0.25) is 0 Å². The van der Waals surface area contributed by atoms with Gasteiger partial charge in [-0.25, -0.2) is 14.1 Å². The van der Waals surface area contributed by atoms with Crippen molar-refractivity contribution in [3.63, 3.8) is 0 Å². The molecule has 8 heteroatoms. The fourth-order valence-electron chi connectivity index (χ4n) is 2.36. The molecule has 0 unspecified atom stereocenters. The van der Waals surface area contributed by atoms with Crippen LogP contribution in [0.1, 0.15) is 21.6 Å². The van der Waals surface area contributed by atoms with Gasteiger partial charge in [0.15, 0.2) is 0 Å². The zero-order chi connectivity index (χ0) is 18.7. The second kappa shape index (κ2) is 7.45. The van der Waals surface area contributed by atoms with Crippen molar-refractivity contribution in [2.45, 2.75) is 6.42 Å². The zero-order valence-corrected chi connectivity index (χ0v) is 14.5. The Kier molecular flexibility index (Phi) is 5.09. The Bertz CT molecular complexity index is 998. The van der Waals surface area contributed by atoms with Gasteiger partial charge in [0.25, 0.3) is 11.5 Å². The molecule has 2 heterocycles. The average Bonchev–Trinajstić information content (AvgIpc) is 2.58. The Hall–Kier alpha value is -3.06. The van der Waals surface area contributed by atoms with Crippen molar-refractivity contribution in [3.8, 4) is 0 Å². The Morgan fingerprint density at radius 1 is 1.19 bits per heavy atom. The van der Waals surface area contributed by atoms with Crippen LogP contribution in [0.3, 0.4) is 0 Å². The van der Waals surface area contributed by atoms with Crippen molar-refractivity contribution >= 4 is 23.3 Å². The molecule has 26 heavy (non-hydrogen) atoms. The lowest BCUT2D eigenvalue weighted by atomic mass is 10.1. The molecule has 0 aliphatic heterocycles. The summed E-state index contributed by atoms with van der Waals surface area (Å²) in [5.41, 5.74) is 1.36. The predicted molar refractivity (Wildman–Crippen MR) is 95.9 cm³/mol. The van der Waals surface area contributed by atoms with E-state index in [1.165, 1.54) is 31.3 Å². The Labute approximate surface area is 153 Å². The molecule has 3 aromatic rings. The topological polar surface area (TPSA) is 76.9 Å². The molecule has 0 bridgehead atoms. The minimum atomic E-state index is -0.474. The number of hydrogen-bond acceptors (Lipinski definition) is 4. The molecule has 0 spiro atoms. The van der Waals surface area contributed by atoms with Gasteiger partial charge in [-0.1, -0.05) is 17.7 Å². The van der Waals surface area contributed by atoms with E-state index in [1.807, 2.05) is 0 Å². The monoisotopic (exact) mass is 372 g/mol. The molecule has 0 saturated heterocycles. The average molecular weight is 373 g/mol. The van der Waals surface area contributed by atoms with E-state index in [9.17, 15) is 14.0 Å². The maximum absolute atomic E-state index is 13.4. The first-order chi connectivity index (χ1) is 12.4. The van der Waals surface area contributed by atoms with E-state index < -0.39 is 11.7 Å². The molecular formula is C18H14ClFN4O2. The third-order valence-electron chi connectivity index (χ3n) is 3.59. The number of anilines is 1. The lowest BCUT2D eigenvalue weighted by Crippen LogP contribution is -2.23. The summed E-state index contributed by atoms with van der Waals surface area (Å²) in [4.78, 5) is 27.6. The van der Waals surface area contributed by atoms with E-state index in [-0.39, 0.29) is 11.3 Å². The highest BCUT2D eigenvalue weighted by Crippen LogP contribution is 2.17. The number of aromatic nitrogens is 3. The van der Waals surface area contributed by atoms with Crippen molar-refractivity contribution in [1.29, 1.82) is 0 Å². The lowest BCUT2D eigenvalue weighted by Gasteiger charge is -2.07. The zero-order valence-electron chi connectivity index (χ0n) is 13.7. The van der Waals surface area contributed by atoms with Crippen molar-refractivity contribution < 1.29 is 9.18 Å². The number of halogens is 2. The number of carbonyl (C=O) groups excluding carboxylic acids is 1. The molecular weight excluding hydrogens is 359 g/mol. The van der Waals surface area contributed by atoms with Crippen LogP contribution in [-0.4, -0.2) is 20.7 Å². The molecule has 1 N–H and O–H groups in total. The molecule has 0 saturated carbocycles. The van der Waals surface area contributed by atoms with Crippen molar-refractivity contribution in [2.75, 3.05) is 5.32 Å². The summed E-state index contributed by atoms with van der Waals surface area (Å²) >= 11 is 5.85. The van der Waals surface area contributed by atoms with Crippen molar-refractivity contribution in [1.82, 2.24) is 14.8 Å². The molecule has 2 aromatic heterocycles. The molecule has 3 rings (SSSR count). The second-order valence-corrected chi connectivity index (χ2v) is 6.08. The van der Waals surface area contributed by atoms with Gasteiger partial charge in [-0.3, -0.25) is 9.59 Å².